The number of anilines is 1. The maximum atomic E-state index is 12.7. The molecule has 0 heterocycles. The summed E-state index contributed by atoms with van der Waals surface area (Å²) >= 11 is 0. The average molecular weight is 366 g/mol. The van der Waals surface area contributed by atoms with Gasteiger partial charge in [0.2, 0.25) is 0 Å². The highest BCUT2D eigenvalue weighted by Crippen LogP contribution is 2.23. The third-order valence-corrected chi connectivity index (χ3v) is 5.29. The van der Waals surface area contributed by atoms with Crippen molar-refractivity contribution in [2.75, 3.05) is 4.72 Å². The Morgan fingerprint density at radius 3 is 2.15 bits per heavy atom. The Morgan fingerprint density at radius 1 is 0.885 bits per heavy atom. The highest BCUT2D eigenvalue weighted by atomic mass is 32.2. The molecule has 3 aromatic carbocycles. The van der Waals surface area contributed by atoms with Crippen molar-refractivity contribution in [1.29, 1.82) is 0 Å². The van der Waals surface area contributed by atoms with Crippen LogP contribution in [0.15, 0.2) is 88.9 Å². The van der Waals surface area contributed by atoms with Gasteiger partial charge >= 0.3 is 0 Å². The lowest BCUT2D eigenvalue weighted by Crippen LogP contribution is -2.16. The Bertz CT molecular complexity index is 1030. The largest absolute Gasteiger partial charge is 0.410 e. The summed E-state index contributed by atoms with van der Waals surface area (Å²) in [5.41, 5.74) is 2.76. The van der Waals surface area contributed by atoms with Crippen molar-refractivity contribution in [3.05, 3.63) is 95.6 Å². The number of aryl methyl sites for hydroxylation is 1. The van der Waals surface area contributed by atoms with Gasteiger partial charge in [-0.15, -0.1) is 0 Å². The zero-order valence-electron chi connectivity index (χ0n) is 14.1. The first kappa shape index (κ1) is 17.7. The van der Waals surface area contributed by atoms with Gasteiger partial charge in [-0.2, -0.15) is 0 Å². The van der Waals surface area contributed by atoms with Crippen molar-refractivity contribution in [2.24, 2.45) is 5.16 Å². The molecule has 0 radical (unpaired) electrons. The smallest absolute Gasteiger partial charge is 0.261 e. The highest BCUT2D eigenvalue weighted by Gasteiger charge is 2.18. The molecule has 26 heavy (non-hydrogen) atoms. The van der Waals surface area contributed by atoms with Gasteiger partial charge in [0, 0.05) is 11.1 Å². The molecule has 0 amide bonds. The van der Waals surface area contributed by atoms with Crippen LogP contribution in [0.5, 0.6) is 0 Å². The maximum absolute atomic E-state index is 12.7. The summed E-state index contributed by atoms with van der Waals surface area (Å²) in [4.78, 5) is 0.167. The van der Waals surface area contributed by atoms with E-state index < -0.39 is 10.0 Å². The molecule has 0 fully saturated rings. The lowest BCUT2D eigenvalue weighted by molar-refractivity contribution is 0.319. The molecular weight excluding hydrogens is 348 g/mol. The van der Waals surface area contributed by atoms with Crippen molar-refractivity contribution in [3.8, 4) is 0 Å². The van der Waals surface area contributed by atoms with Gasteiger partial charge in [-0.05, 0) is 25.1 Å². The molecule has 6 heteroatoms. The molecule has 0 unspecified atom stereocenters. The van der Waals surface area contributed by atoms with E-state index in [2.05, 4.69) is 9.88 Å². The molecular formula is C20H18N2O3S. The molecule has 0 bridgehead atoms. The van der Waals surface area contributed by atoms with Gasteiger partial charge in [0.05, 0.1) is 10.6 Å². The fraction of sp³-hybridized carbons (Fsp3) is 0.0500. The Labute approximate surface area is 152 Å². The van der Waals surface area contributed by atoms with E-state index in [1.54, 1.807) is 60.7 Å². The van der Waals surface area contributed by atoms with Crippen LogP contribution in [0.3, 0.4) is 0 Å². The topological polar surface area (TPSA) is 78.8 Å². The van der Waals surface area contributed by atoms with Gasteiger partial charge in [-0.1, -0.05) is 71.4 Å². The number of para-hydroxylation sites is 1. The standard InChI is InChI=1S/C20H18N2O3S/c1-15-11-13-17(14-12-15)26(24,25)22-19-10-6-5-9-18(19)20(21-23)16-7-3-2-4-8-16/h2-14,22-23H,1H3/b21-20-. The Kier molecular flexibility index (Phi) is 5.04. The first-order valence-corrected chi connectivity index (χ1v) is 9.46. The van der Waals surface area contributed by atoms with Crippen LogP contribution < -0.4 is 4.72 Å². The van der Waals surface area contributed by atoms with Gasteiger partial charge in [0.15, 0.2) is 0 Å². The fourth-order valence-corrected chi connectivity index (χ4v) is 3.64. The van der Waals surface area contributed by atoms with Crippen molar-refractivity contribution < 1.29 is 13.6 Å². The lowest BCUT2D eigenvalue weighted by atomic mass is 10.0. The number of oxime groups is 1. The molecule has 0 atom stereocenters. The summed E-state index contributed by atoms with van der Waals surface area (Å²) in [6.45, 7) is 1.89. The van der Waals surface area contributed by atoms with E-state index in [1.165, 1.54) is 0 Å². The minimum Gasteiger partial charge on any atom is -0.410 e. The molecule has 0 aromatic heterocycles. The molecule has 132 valence electrons. The SMILES string of the molecule is Cc1ccc(S(=O)(=O)Nc2ccccc2/C(=N\O)c2ccccc2)cc1. The molecule has 2 N–H and O–H groups in total. The number of nitrogens with one attached hydrogen (secondary N) is 1. The molecule has 5 nitrogen and oxygen atoms in total. The van der Waals surface area contributed by atoms with Crippen molar-refractivity contribution in [1.82, 2.24) is 0 Å². The zero-order chi connectivity index (χ0) is 18.6. The molecule has 0 aliphatic rings. The molecule has 0 spiro atoms. The molecule has 0 saturated carbocycles. The number of hydrogen-bond donors (Lipinski definition) is 2. The summed E-state index contributed by atoms with van der Waals surface area (Å²) in [5, 5.41) is 12.9. The third-order valence-electron chi connectivity index (χ3n) is 3.91. The van der Waals surface area contributed by atoms with Gasteiger partial charge < -0.3 is 5.21 Å². The van der Waals surface area contributed by atoms with E-state index in [0.29, 0.717) is 16.8 Å². The van der Waals surface area contributed by atoms with Crippen LogP contribution in [0, 0.1) is 6.92 Å². The zero-order valence-corrected chi connectivity index (χ0v) is 14.9. The molecule has 0 aliphatic carbocycles. The molecule has 3 rings (SSSR count). The van der Waals surface area contributed by atoms with Crippen molar-refractivity contribution >= 4 is 21.4 Å². The normalized spacial score (nSPS) is 12.0. The summed E-state index contributed by atoms with van der Waals surface area (Å²) in [6, 6.07) is 22.5. The minimum atomic E-state index is -3.76. The summed E-state index contributed by atoms with van der Waals surface area (Å²) in [6.07, 6.45) is 0. The Hall–Kier alpha value is -3.12. The average Bonchev–Trinajstić information content (AvgIpc) is 2.65. The summed E-state index contributed by atoms with van der Waals surface area (Å²) in [5.74, 6) is 0. The number of hydrogen-bond acceptors (Lipinski definition) is 4. The molecule has 3 aromatic rings. The maximum Gasteiger partial charge on any atom is 0.261 e. The van der Waals surface area contributed by atoms with E-state index in [0.717, 1.165) is 5.56 Å². The first-order valence-electron chi connectivity index (χ1n) is 7.97. The number of sulfonamides is 1. The predicted octanol–water partition coefficient (Wildman–Crippen LogP) is 4.02. The van der Waals surface area contributed by atoms with E-state index in [-0.39, 0.29) is 10.6 Å². The van der Waals surface area contributed by atoms with E-state index in [1.807, 2.05) is 25.1 Å². The van der Waals surface area contributed by atoms with Gasteiger partial charge in [0.1, 0.15) is 5.71 Å². The predicted molar refractivity (Wildman–Crippen MR) is 102 cm³/mol. The van der Waals surface area contributed by atoms with Gasteiger partial charge in [0.25, 0.3) is 10.0 Å². The minimum absolute atomic E-state index is 0.167. The van der Waals surface area contributed by atoms with Crippen LogP contribution in [0.1, 0.15) is 16.7 Å². The van der Waals surface area contributed by atoms with E-state index >= 15 is 0 Å². The van der Waals surface area contributed by atoms with E-state index in [9.17, 15) is 13.6 Å². The van der Waals surface area contributed by atoms with Crippen molar-refractivity contribution in [3.63, 3.8) is 0 Å². The number of benzene rings is 3. The van der Waals surface area contributed by atoms with Crippen LogP contribution in [-0.4, -0.2) is 19.3 Å². The third kappa shape index (κ3) is 3.75. The second kappa shape index (κ2) is 7.41. The fourth-order valence-electron chi connectivity index (χ4n) is 2.56. The second-order valence-electron chi connectivity index (χ2n) is 5.78. The number of nitrogens with zero attached hydrogens (tertiary/aromatic N) is 1. The summed E-state index contributed by atoms with van der Waals surface area (Å²) < 4.78 is 28.0. The van der Waals surface area contributed by atoms with Crippen molar-refractivity contribution in [2.45, 2.75) is 11.8 Å². The van der Waals surface area contributed by atoms with Crippen LogP contribution >= 0.6 is 0 Å². The lowest BCUT2D eigenvalue weighted by Gasteiger charge is -2.14. The molecule has 0 saturated heterocycles. The molecule has 0 aliphatic heterocycles. The number of rotatable bonds is 5. The van der Waals surface area contributed by atoms with Crippen LogP contribution in [0.4, 0.5) is 5.69 Å². The van der Waals surface area contributed by atoms with Gasteiger partial charge in [-0.3, -0.25) is 4.72 Å². The quantitative estimate of drug-likeness (QED) is 0.407. The first-order chi connectivity index (χ1) is 12.5. The second-order valence-corrected chi connectivity index (χ2v) is 7.46. The Morgan fingerprint density at radius 2 is 1.50 bits per heavy atom. The van der Waals surface area contributed by atoms with Crippen LogP contribution in [0.2, 0.25) is 0 Å². The van der Waals surface area contributed by atoms with Crippen LogP contribution in [-0.2, 0) is 10.0 Å². The van der Waals surface area contributed by atoms with E-state index in [4.69, 9.17) is 0 Å². The van der Waals surface area contributed by atoms with Crippen LogP contribution in [0.25, 0.3) is 0 Å². The monoisotopic (exact) mass is 366 g/mol. The highest BCUT2D eigenvalue weighted by molar-refractivity contribution is 7.92. The Balaban J connectivity index is 2.01. The van der Waals surface area contributed by atoms with Gasteiger partial charge in [-0.25, -0.2) is 8.42 Å². The summed E-state index contributed by atoms with van der Waals surface area (Å²) in [7, 11) is -3.76.